The molecule has 0 spiro atoms. The maximum atomic E-state index is 9.19. The first-order valence-electron chi connectivity index (χ1n) is 3.21. The van der Waals surface area contributed by atoms with E-state index in [1.807, 2.05) is 0 Å². The van der Waals surface area contributed by atoms with Crippen LogP contribution < -0.4 is 11.2 Å². The first kappa shape index (κ1) is 11.7. The number of nitrogens with zero attached hydrogens (tertiary/aromatic N) is 2. The molecule has 0 saturated heterocycles. The highest BCUT2D eigenvalue weighted by Crippen LogP contribution is 1.84. The van der Waals surface area contributed by atoms with Crippen molar-refractivity contribution in [3.8, 4) is 0 Å². The van der Waals surface area contributed by atoms with E-state index in [-0.39, 0.29) is 0 Å². The van der Waals surface area contributed by atoms with Crippen LogP contribution in [0.5, 0.6) is 0 Å². The Morgan fingerprint density at radius 2 is 2.15 bits per heavy atom. The number of hydrazine groups is 1. The topological polar surface area (TPSA) is 108 Å². The van der Waals surface area contributed by atoms with Crippen LogP contribution in [-0.4, -0.2) is 37.2 Å². The van der Waals surface area contributed by atoms with E-state index < -0.39 is 10.1 Å². The molecule has 1 heterocycles. The van der Waals surface area contributed by atoms with Crippen molar-refractivity contribution >= 4 is 16.1 Å². The Labute approximate surface area is 76.7 Å². The van der Waals surface area contributed by atoms with Gasteiger partial charge >= 0.3 is 0 Å². The minimum atomic E-state index is -3.67. The average molecular weight is 208 g/mol. The Hall–Kier alpha value is -1.28. The molecule has 0 amide bonds. The first-order valence-corrected chi connectivity index (χ1v) is 5.06. The van der Waals surface area contributed by atoms with Crippen molar-refractivity contribution < 1.29 is 13.0 Å². The van der Waals surface area contributed by atoms with Gasteiger partial charge in [0.2, 0.25) is 5.96 Å². The molecule has 0 aliphatic carbocycles. The second-order valence-electron chi connectivity index (χ2n) is 2.22. The summed E-state index contributed by atoms with van der Waals surface area (Å²) in [7, 11) is -1.87. The van der Waals surface area contributed by atoms with Gasteiger partial charge in [-0.3, -0.25) is 9.56 Å². The molecule has 4 N–H and O–H groups in total. The second-order valence-corrected chi connectivity index (χ2v) is 3.69. The molecule has 0 bridgehead atoms. The van der Waals surface area contributed by atoms with Gasteiger partial charge in [-0.25, -0.2) is 4.99 Å². The summed E-state index contributed by atoms with van der Waals surface area (Å²) < 4.78 is 25.9. The van der Waals surface area contributed by atoms with Gasteiger partial charge in [0.1, 0.15) is 0 Å². The van der Waals surface area contributed by atoms with E-state index in [1.54, 1.807) is 24.5 Å². The minimum Gasteiger partial charge on any atom is -0.368 e. The van der Waals surface area contributed by atoms with Crippen LogP contribution in [0, 0.1) is 0 Å². The Kier molecular flexibility index (Phi) is 4.21. The quantitative estimate of drug-likeness (QED) is 0.428. The third kappa shape index (κ3) is 8.63. The molecule has 0 saturated carbocycles. The molecule has 1 aliphatic rings. The highest BCUT2D eigenvalue weighted by atomic mass is 32.2. The molecular weight excluding hydrogens is 196 g/mol. The molecule has 1 aliphatic heterocycles. The number of hydrogen-bond donors (Lipinski definition) is 3. The van der Waals surface area contributed by atoms with Crippen LogP contribution in [0.15, 0.2) is 17.4 Å². The van der Waals surface area contributed by atoms with Gasteiger partial charge in [-0.05, 0) is 0 Å². The molecule has 7 nitrogen and oxygen atoms in total. The third-order valence-corrected chi connectivity index (χ3v) is 0.893. The minimum absolute atomic E-state index is 0.479. The number of nitrogens with one attached hydrogen (secondary N) is 1. The fraction of sp³-hybridized carbons (Fsp3) is 0.400. The zero-order valence-electron chi connectivity index (χ0n) is 7.30. The van der Waals surface area contributed by atoms with Crippen molar-refractivity contribution in [2.24, 2.45) is 10.7 Å². The van der Waals surface area contributed by atoms with Crippen LogP contribution in [0.2, 0.25) is 0 Å². The average Bonchev–Trinajstić information content (AvgIpc) is 1.92. The Bertz CT molecular complexity index is 300. The predicted octanol–water partition coefficient (Wildman–Crippen LogP) is -1.27. The largest absolute Gasteiger partial charge is 0.368 e. The lowest BCUT2D eigenvalue weighted by Gasteiger charge is -2.18. The van der Waals surface area contributed by atoms with E-state index >= 15 is 0 Å². The summed E-state index contributed by atoms with van der Waals surface area (Å²) in [6, 6.07) is 0. The van der Waals surface area contributed by atoms with E-state index in [0.29, 0.717) is 12.2 Å². The van der Waals surface area contributed by atoms with E-state index in [2.05, 4.69) is 10.4 Å². The van der Waals surface area contributed by atoms with E-state index in [0.717, 1.165) is 0 Å². The summed E-state index contributed by atoms with van der Waals surface area (Å²) in [5.74, 6) is 0.479. The third-order valence-electron chi connectivity index (χ3n) is 0.893. The van der Waals surface area contributed by atoms with Gasteiger partial charge < -0.3 is 11.2 Å². The molecule has 76 valence electrons. The SMILES string of the molecule is CN1NC=CN=C1N.CS(=O)(=O)O. The van der Waals surface area contributed by atoms with Gasteiger partial charge in [0.05, 0.1) is 6.26 Å². The molecule has 8 heteroatoms. The molecule has 0 aromatic rings. The molecule has 0 fully saturated rings. The van der Waals surface area contributed by atoms with Crippen LogP contribution >= 0.6 is 0 Å². The fourth-order valence-electron chi connectivity index (χ4n) is 0.412. The highest BCUT2D eigenvalue weighted by molar-refractivity contribution is 7.85. The maximum Gasteiger partial charge on any atom is 0.261 e. The summed E-state index contributed by atoms with van der Waals surface area (Å²) in [5.41, 5.74) is 8.17. The summed E-state index contributed by atoms with van der Waals surface area (Å²) >= 11 is 0. The monoisotopic (exact) mass is 208 g/mol. The molecule has 0 atom stereocenters. The smallest absolute Gasteiger partial charge is 0.261 e. The van der Waals surface area contributed by atoms with Crippen LogP contribution in [0.1, 0.15) is 0 Å². The van der Waals surface area contributed by atoms with Gasteiger partial charge in [0.25, 0.3) is 10.1 Å². The molecular formula is C5H12N4O3S. The van der Waals surface area contributed by atoms with Gasteiger partial charge in [-0.2, -0.15) is 8.42 Å². The van der Waals surface area contributed by atoms with E-state index in [9.17, 15) is 8.42 Å². The summed E-state index contributed by atoms with van der Waals surface area (Å²) in [6.07, 6.45) is 4.03. The summed E-state index contributed by atoms with van der Waals surface area (Å²) in [6.45, 7) is 0. The highest BCUT2D eigenvalue weighted by Gasteiger charge is 1.98. The van der Waals surface area contributed by atoms with Gasteiger partial charge in [0, 0.05) is 19.4 Å². The number of hydrogen-bond acceptors (Lipinski definition) is 6. The van der Waals surface area contributed by atoms with E-state index in [1.165, 1.54) is 0 Å². The zero-order chi connectivity index (χ0) is 10.5. The normalized spacial score (nSPS) is 15.3. The van der Waals surface area contributed by atoms with Crippen molar-refractivity contribution in [1.29, 1.82) is 0 Å². The van der Waals surface area contributed by atoms with Crippen molar-refractivity contribution in [2.45, 2.75) is 0 Å². The van der Waals surface area contributed by atoms with Crippen molar-refractivity contribution in [1.82, 2.24) is 10.4 Å². The molecule has 0 aromatic heterocycles. The molecule has 1 rings (SSSR count). The summed E-state index contributed by atoms with van der Waals surface area (Å²) in [5, 5.41) is 1.62. The van der Waals surface area contributed by atoms with Gasteiger partial charge in [0.15, 0.2) is 0 Å². The lowest BCUT2D eigenvalue weighted by Crippen LogP contribution is -2.42. The van der Waals surface area contributed by atoms with Crippen LogP contribution in [-0.2, 0) is 10.1 Å². The van der Waals surface area contributed by atoms with Crippen molar-refractivity contribution in [3.63, 3.8) is 0 Å². The summed E-state index contributed by atoms with van der Waals surface area (Å²) in [4.78, 5) is 3.79. The van der Waals surface area contributed by atoms with Crippen LogP contribution in [0.25, 0.3) is 0 Å². The Morgan fingerprint density at radius 1 is 1.69 bits per heavy atom. The maximum absolute atomic E-state index is 9.19. The molecule has 0 radical (unpaired) electrons. The number of guanidine groups is 1. The standard InChI is InChI=1S/C4H8N4.CH4O3S/c1-8-4(5)6-2-3-7-8;1-5(2,3)4/h2-3,7H,1H3,(H2,5,6);1H3,(H,2,3,4). The van der Waals surface area contributed by atoms with Crippen LogP contribution in [0.3, 0.4) is 0 Å². The zero-order valence-corrected chi connectivity index (χ0v) is 8.11. The number of aliphatic imine (C=N–C) groups is 1. The predicted molar refractivity (Wildman–Crippen MR) is 49.1 cm³/mol. The first-order chi connectivity index (χ1) is 5.80. The molecule has 0 aromatic carbocycles. The van der Waals surface area contributed by atoms with E-state index in [4.69, 9.17) is 10.3 Å². The second kappa shape index (κ2) is 4.67. The fourth-order valence-corrected chi connectivity index (χ4v) is 0.412. The number of rotatable bonds is 0. The van der Waals surface area contributed by atoms with Crippen molar-refractivity contribution in [3.05, 3.63) is 12.4 Å². The molecule has 13 heavy (non-hydrogen) atoms. The molecule has 0 unspecified atom stereocenters. The lowest BCUT2D eigenvalue weighted by molar-refractivity contribution is 0.421. The number of nitrogens with two attached hydrogens (primary N) is 1. The Balaban J connectivity index is 0.000000252. The van der Waals surface area contributed by atoms with Crippen molar-refractivity contribution in [2.75, 3.05) is 13.3 Å². The van der Waals surface area contributed by atoms with Gasteiger partial charge in [-0.15, -0.1) is 0 Å². The van der Waals surface area contributed by atoms with Gasteiger partial charge in [-0.1, -0.05) is 0 Å². The Morgan fingerprint density at radius 3 is 2.38 bits per heavy atom. The van der Waals surface area contributed by atoms with Crippen LogP contribution in [0.4, 0.5) is 0 Å². The lowest BCUT2D eigenvalue weighted by atomic mass is 10.8.